The Balaban J connectivity index is 1.93. The molecule has 0 fully saturated rings. The van der Waals surface area contributed by atoms with Crippen molar-refractivity contribution < 1.29 is 0 Å². The molecule has 0 spiro atoms. The van der Waals surface area contributed by atoms with Gasteiger partial charge in [-0.3, -0.25) is 0 Å². The molecule has 4 rings (SSSR count). The molecule has 0 atom stereocenters. The largest absolute Gasteiger partial charge is 0.369 e. The predicted molar refractivity (Wildman–Crippen MR) is 103 cm³/mol. The van der Waals surface area contributed by atoms with E-state index in [2.05, 4.69) is 88.9 Å². The number of nitrogens with zero attached hydrogens (tertiary/aromatic N) is 2. The Bertz CT molecular complexity index is 896. The number of nitrogens with one attached hydrogen (secondary N) is 1. The van der Waals surface area contributed by atoms with Crippen LogP contribution in [0.5, 0.6) is 0 Å². The van der Waals surface area contributed by atoms with E-state index in [0.29, 0.717) is 0 Å². The summed E-state index contributed by atoms with van der Waals surface area (Å²) in [4.78, 5) is 0. The first-order valence-electron chi connectivity index (χ1n) is 7.83. The second kappa shape index (κ2) is 5.67. The van der Waals surface area contributed by atoms with Gasteiger partial charge in [0.1, 0.15) is 5.82 Å². The highest BCUT2D eigenvalue weighted by molar-refractivity contribution is 14.1. The minimum Gasteiger partial charge on any atom is -0.369 e. The van der Waals surface area contributed by atoms with Crippen molar-refractivity contribution in [2.24, 2.45) is 0 Å². The highest BCUT2D eigenvalue weighted by atomic mass is 127. The molecular formula is C19H18IN3. The molecule has 23 heavy (non-hydrogen) atoms. The maximum atomic E-state index is 4.97. The molecule has 0 saturated heterocycles. The van der Waals surface area contributed by atoms with Crippen LogP contribution in [0.2, 0.25) is 0 Å². The van der Waals surface area contributed by atoms with Crippen LogP contribution in [0.4, 0.5) is 5.82 Å². The molecule has 0 saturated carbocycles. The second-order valence-electron chi connectivity index (χ2n) is 6.06. The monoisotopic (exact) mass is 415 g/mol. The quantitative estimate of drug-likeness (QED) is 0.614. The van der Waals surface area contributed by atoms with Crippen molar-refractivity contribution in [1.29, 1.82) is 0 Å². The average molecular weight is 415 g/mol. The van der Waals surface area contributed by atoms with Crippen LogP contribution in [0.3, 0.4) is 0 Å². The fourth-order valence-electron chi connectivity index (χ4n) is 3.16. The van der Waals surface area contributed by atoms with E-state index in [1.807, 2.05) is 0 Å². The summed E-state index contributed by atoms with van der Waals surface area (Å²) >= 11 is 2.36. The van der Waals surface area contributed by atoms with Gasteiger partial charge in [-0.25, -0.2) is 4.68 Å². The molecule has 0 aliphatic carbocycles. The summed E-state index contributed by atoms with van der Waals surface area (Å²) in [5.41, 5.74) is 7.28. The first-order chi connectivity index (χ1) is 11.1. The smallest absolute Gasteiger partial charge is 0.133 e. The molecule has 1 aliphatic heterocycles. The number of anilines is 1. The van der Waals surface area contributed by atoms with Crippen molar-refractivity contribution in [3.05, 3.63) is 62.7 Å². The molecule has 116 valence electrons. The minimum atomic E-state index is 0.981. The third kappa shape index (κ3) is 2.55. The molecule has 1 aliphatic rings. The maximum absolute atomic E-state index is 4.97. The lowest BCUT2D eigenvalue weighted by atomic mass is 10.1. The molecular weight excluding hydrogens is 397 g/mol. The number of halogens is 1. The fraction of sp³-hybridized carbons (Fsp3) is 0.211. The van der Waals surface area contributed by atoms with Gasteiger partial charge in [0.15, 0.2) is 0 Å². The zero-order valence-corrected chi connectivity index (χ0v) is 15.4. The highest BCUT2D eigenvalue weighted by Crippen LogP contribution is 2.35. The highest BCUT2D eigenvalue weighted by Gasteiger charge is 2.24. The van der Waals surface area contributed by atoms with Crippen LogP contribution in [-0.2, 0) is 6.42 Å². The zero-order valence-electron chi connectivity index (χ0n) is 13.2. The summed E-state index contributed by atoms with van der Waals surface area (Å²) in [7, 11) is 0. The molecule has 3 nitrogen and oxygen atoms in total. The van der Waals surface area contributed by atoms with Crippen molar-refractivity contribution >= 4 is 28.4 Å². The van der Waals surface area contributed by atoms with Gasteiger partial charge in [-0.15, -0.1) is 0 Å². The molecule has 0 radical (unpaired) electrons. The summed E-state index contributed by atoms with van der Waals surface area (Å²) in [6, 6.07) is 15.1. The van der Waals surface area contributed by atoms with Crippen molar-refractivity contribution in [2.45, 2.75) is 20.3 Å². The Morgan fingerprint density at radius 3 is 2.83 bits per heavy atom. The first kappa shape index (κ1) is 14.8. The number of hydrogen-bond donors (Lipinski definition) is 1. The van der Waals surface area contributed by atoms with Crippen LogP contribution < -0.4 is 5.32 Å². The van der Waals surface area contributed by atoms with Gasteiger partial charge in [-0.05, 0) is 72.2 Å². The maximum Gasteiger partial charge on any atom is 0.133 e. The third-order valence-electron chi connectivity index (χ3n) is 4.34. The van der Waals surface area contributed by atoms with Gasteiger partial charge in [-0.1, -0.05) is 24.3 Å². The van der Waals surface area contributed by atoms with Crippen LogP contribution in [0.25, 0.3) is 16.9 Å². The van der Waals surface area contributed by atoms with Crippen LogP contribution in [-0.4, -0.2) is 16.3 Å². The number of benzene rings is 2. The zero-order chi connectivity index (χ0) is 16.0. The molecule has 1 aromatic heterocycles. The Labute approximate surface area is 149 Å². The van der Waals surface area contributed by atoms with Gasteiger partial charge in [-0.2, -0.15) is 5.10 Å². The standard InChI is InChI=1S/C19H18IN3/c1-12-6-7-13(2)17(10-12)23-19-16(8-9-21-19)18(22-23)14-4-3-5-15(20)11-14/h3-7,10-11,21H,8-9H2,1-2H3. The third-order valence-corrected chi connectivity index (χ3v) is 5.01. The van der Waals surface area contributed by atoms with E-state index in [1.165, 1.54) is 25.8 Å². The van der Waals surface area contributed by atoms with E-state index in [0.717, 1.165) is 30.2 Å². The number of hydrogen-bond acceptors (Lipinski definition) is 2. The Morgan fingerprint density at radius 1 is 1.13 bits per heavy atom. The average Bonchev–Trinajstić information content (AvgIpc) is 3.12. The number of rotatable bonds is 2. The summed E-state index contributed by atoms with van der Waals surface area (Å²) < 4.78 is 3.32. The van der Waals surface area contributed by atoms with Gasteiger partial charge in [0.2, 0.25) is 0 Å². The fourth-order valence-corrected chi connectivity index (χ4v) is 3.71. The summed E-state index contributed by atoms with van der Waals surface area (Å²) in [6.45, 7) is 5.25. The van der Waals surface area contributed by atoms with Gasteiger partial charge in [0, 0.05) is 21.2 Å². The molecule has 3 aromatic rings. The Hall–Kier alpha value is -1.82. The molecule has 0 unspecified atom stereocenters. The SMILES string of the molecule is Cc1ccc(C)c(-n2nc(-c3cccc(I)c3)c3c2NCC3)c1. The van der Waals surface area contributed by atoms with Crippen molar-refractivity contribution in [3.8, 4) is 16.9 Å². The number of fused-ring (bicyclic) bond motifs is 1. The van der Waals surface area contributed by atoms with E-state index in [1.54, 1.807) is 0 Å². The van der Waals surface area contributed by atoms with E-state index in [-0.39, 0.29) is 0 Å². The summed E-state index contributed by atoms with van der Waals surface area (Å²) in [6.07, 6.45) is 1.03. The van der Waals surface area contributed by atoms with E-state index in [9.17, 15) is 0 Å². The molecule has 0 bridgehead atoms. The Kier molecular flexibility index (Phi) is 3.64. The van der Waals surface area contributed by atoms with Crippen LogP contribution in [0.1, 0.15) is 16.7 Å². The van der Waals surface area contributed by atoms with Crippen molar-refractivity contribution in [1.82, 2.24) is 9.78 Å². The minimum absolute atomic E-state index is 0.981. The second-order valence-corrected chi connectivity index (χ2v) is 7.31. The normalized spacial score (nSPS) is 13.0. The van der Waals surface area contributed by atoms with Crippen molar-refractivity contribution in [3.63, 3.8) is 0 Å². The lowest BCUT2D eigenvalue weighted by Gasteiger charge is -2.10. The van der Waals surface area contributed by atoms with Gasteiger partial charge in [0.25, 0.3) is 0 Å². The molecule has 2 heterocycles. The van der Waals surface area contributed by atoms with Gasteiger partial charge in [0.05, 0.1) is 11.4 Å². The molecule has 1 N–H and O–H groups in total. The molecule has 0 amide bonds. The lowest BCUT2D eigenvalue weighted by molar-refractivity contribution is 0.874. The van der Waals surface area contributed by atoms with E-state index >= 15 is 0 Å². The van der Waals surface area contributed by atoms with E-state index < -0.39 is 0 Å². The lowest BCUT2D eigenvalue weighted by Crippen LogP contribution is -2.06. The molecule has 4 heteroatoms. The molecule has 2 aromatic carbocycles. The first-order valence-corrected chi connectivity index (χ1v) is 8.91. The van der Waals surface area contributed by atoms with Gasteiger partial charge < -0.3 is 5.32 Å². The Morgan fingerprint density at radius 2 is 2.00 bits per heavy atom. The van der Waals surface area contributed by atoms with Gasteiger partial charge >= 0.3 is 0 Å². The summed E-state index contributed by atoms with van der Waals surface area (Å²) in [5, 5.41) is 8.48. The predicted octanol–water partition coefficient (Wildman–Crippen LogP) is 4.73. The van der Waals surface area contributed by atoms with Crippen LogP contribution in [0.15, 0.2) is 42.5 Å². The van der Waals surface area contributed by atoms with Crippen LogP contribution >= 0.6 is 22.6 Å². The topological polar surface area (TPSA) is 29.9 Å². The van der Waals surface area contributed by atoms with Crippen molar-refractivity contribution in [2.75, 3.05) is 11.9 Å². The number of aryl methyl sites for hydroxylation is 2. The summed E-state index contributed by atoms with van der Waals surface area (Å²) in [5.74, 6) is 1.15. The van der Waals surface area contributed by atoms with Crippen LogP contribution in [0, 0.1) is 17.4 Å². The number of aromatic nitrogens is 2. The van der Waals surface area contributed by atoms with E-state index in [4.69, 9.17) is 5.10 Å².